The Hall–Kier alpha value is -2.01. The number of nitrogens with one attached hydrogen (secondary N) is 1. The third-order valence-electron chi connectivity index (χ3n) is 4.47. The Labute approximate surface area is 130 Å². The predicted octanol–water partition coefficient (Wildman–Crippen LogP) is 1.83. The lowest BCUT2D eigenvalue weighted by Gasteiger charge is -2.32. The summed E-state index contributed by atoms with van der Waals surface area (Å²) in [7, 11) is 0. The zero-order chi connectivity index (χ0) is 14.8. The van der Waals surface area contributed by atoms with Crippen LogP contribution in [-0.2, 0) is 12.8 Å². The predicted molar refractivity (Wildman–Crippen MR) is 87.0 cm³/mol. The van der Waals surface area contributed by atoms with Crippen LogP contribution in [0, 0.1) is 0 Å². The molecule has 1 aliphatic heterocycles. The second-order valence-electron chi connectivity index (χ2n) is 5.96. The van der Waals surface area contributed by atoms with E-state index in [0.29, 0.717) is 0 Å². The van der Waals surface area contributed by atoms with Gasteiger partial charge in [0.25, 0.3) is 0 Å². The minimum atomic E-state index is 0.773. The van der Waals surface area contributed by atoms with Crippen LogP contribution in [0.3, 0.4) is 0 Å². The molecule has 114 valence electrons. The molecule has 0 aromatic carbocycles. The second-order valence-corrected chi connectivity index (χ2v) is 5.96. The summed E-state index contributed by atoms with van der Waals surface area (Å²) in [4.78, 5) is 16.6. The van der Waals surface area contributed by atoms with Gasteiger partial charge >= 0.3 is 0 Å². The lowest BCUT2D eigenvalue weighted by Crippen LogP contribution is -2.44. The molecule has 4 rings (SSSR count). The number of anilines is 1. The Kier molecular flexibility index (Phi) is 3.72. The minimum absolute atomic E-state index is 0.773. The fourth-order valence-electron chi connectivity index (χ4n) is 3.32. The van der Waals surface area contributed by atoms with Crippen molar-refractivity contribution in [1.29, 1.82) is 0 Å². The van der Waals surface area contributed by atoms with E-state index in [-0.39, 0.29) is 0 Å². The molecule has 0 bridgehead atoms. The van der Waals surface area contributed by atoms with Gasteiger partial charge < -0.3 is 10.2 Å². The summed E-state index contributed by atoms with van der Waals surface area (Å²) in [5.41, 5.74) is 3.47. The van der Waals surface area contributed by atoms with Gasteiger partial charge in [-0.05, 0) is 37.8 Å². The van der Waals surface area contributed by atoms with Crippen molar-refractivity contribution >= 4 is 5.82 Å². The molecule has 1 aliphatic carbocycles. The van der Waals surface area contributed by atoms with Crippen LogP contribution in [0.25, 0.3) is 11.5 Å². The molecule has 1 N–H and O–H groups in total. The maximum atomic E-state index is 4.90. The molecule has 1 fully saturated rings. The first-order chi connectivity index (χ1) is 10.9. The van der Waals surface area contributed by atoms with Crippen molar-refractivity contribution in [2.45, 2.75) is 25.7 Å². The third kappa shape index (κ3) is 2.57. The van der Waals surface area contributed by atoms with Gasteiger partial charge in [-0.2, -0.15) is 0 Å². The van der Waals surface area contributed by atoms with Gasteiger partial charge in [0.2, 0.25) is 0 Å². The van der Waals surface area contributed by atoms with Gasteiger partial charge in [0.05, 0.1) is 0 Å². The molecule has 2 aromatic heterocycles. The highest BCUT2D eigenvalue weighted by Gasteiger charge is 2.23. The van der Waals surface area contributed by atoms with Gasteiger partial charge in [0.15, 0.2) is 5.82 Å². The summed E-state index contributed by atoms with van der Waals surface area (Å²) in [5.74, 6) is 1.92. The smallest absolute Gasteiger partial charge is 0.180 e. The Balaban J connectivity index is 1.80. The molecule has 0 saturated carbocycles. The van der Waals surface area contributed by atoms with Crippen molar-refractivity contribution in [2.24, 2.45) is 0 Å². The first kappa shape index (κ1) is 13.6. The molecule has 2 aromatic rings. The van der Waals surface area contributed by atoms with Crippen molar-refractivity contribution < 1.29 is 0 Å². The van der Waals surface area contributed by atoms with Crippen molar-refractivity contribution in [3.8, 4) is 11.5 Å². The number of aryl methyl sites for hydroxylation is 1. The maximum Gasteiger partial charge on any atom is 0.180 e. The highest BCUT2D eigenvalue weighted by molar-refractivity contribution is 5.58. The van der Waals surface area contributed by atoms with Crippen LogP contribution >= 0.6 is 0 Å². The van der Waals surface area contributed by atoms with Crippen LogP contribution in [0.5, 0.6) is 0 Å². The number of hydrogen-bond acceptors (Lipinski definition) is 5. The molecule has 5 nitrogen and oxygen atoms in total. The highest BCUT2D eigenvalue weighted by Crippen LogP contribution is 2.30. The van der Waals surface area contributed by atoms with E-state index in [1.165, 1.54) is 24.1 Å². The van der Waals surface area contributed by atoms with E-state index in [2.05, 4.69) is 15.2 Å². The van der Waals surface area contributed by atoms with Crippen molar-refractivity contribution in [2.75, 3.05) is 31.1 Å². The summed E-state index contributed by atoms with van der Waals surface area (Å²) in [6.07, 6.45) is 6.46. The van der Waals surface area contributed by atoms with Gasteiger partial charge in [-0.3, -0.25) is 4.98 Å². The summed E-state index contributed by atoms with van der Waals surface area (Å²) in [6, 6.07) is 5.92. The van der Waals surface area contributed by atoms with Gasteiger partial charge in [0.1, 0.15) is 11.5 Å². The summed E-state index contributed by atoms with van der Waals surface area (Å²) < 4.78 is 0. The number of pyridine rings is 1. The molecule has 0 spiro atoms. The zero-order valence-electron chi connectivity index (χ0n) is 12.8. The van der Waals surface area contributed by atoms with E-state index >= 15 is 0 Å². The molecule has 1 saturated heterocycles. The monoisotopic (exact) mass is 295 g/mol. The number of fused-ring (bicyclic) bond motifs is 1. The average Bonchev–Trinajstić information content (AvgIpc) is 2.62. The van der Waals surface area contributed by atoms with E-state index in [1.54, 1.807) is 0 Å². The molecule has 2 aliphatic rings. The molecule has 0 amide bonds. The largest absolute Gasteiger partial charge is 0.354 e. The van der Waals surface area contributed by atoms with Crippen LogP contribution in [0.2, 0.25) is 0 Å². The van der Waals surface area contributed by atoms with Gasteiger partial charge in [-0.25, -0.2) is 9.97 Å². The average molecular weight is 295 g/mol. The fourth-order valence-corrected chi connectivity index (χ4v) is 3.32. The van der Waals surface area contributed by atoms with Crippen molar-refractivity contribution in [1.82, 2.24) is 20.3 Å². The lowest BCUT2D eigenvalue weighted by molar-refractivity contribution is 0.577. The number of nitrogens with zero attached hydrogens (tertiary/aromatic N) is 4. The van der Waals surface area contributed by atoms with E-state index in [0.717, 1.165) is 56.4 Å². The van der Waals surface area contributed by atoms with Crippen molar-refractivity contribution in [3.05, 3.63) is 35.7 Å². The minimum Gasteiger partial charge on any atom is -0.354 e. The number of rotatable bonds is 2. The number of hydrogen-bond donors (Lipinski definition) is 1. The SMILES string of the molecule is c1ccc(-c2nc3c(c(N4CCNCC4)n2)CCCC3)nc1. The summed E-state index contributed by atoms with van der Waals surface area (Å²) in [6.45, 7) is 4.09. The van der Waals surface area contributed by atoms with Crippen LogP contribution in [-0.4, -0.2) is 41.1 Å². The highest BCUT2D eigenvalue weighted by atomic mass is 15.2. The van der Waals surface area contributed by atoms with E-state index in [4.69, 9.17) is 9.97 Å². The van der Waals surface area contributed by atoms with Gasteiger partial charge in [-0.1, -0.05) is 6.07 Å². The first-order valence-corrected chi connectivity index (χ1v) is 8.19. The third-order valence-corrected chi connectivity index (χ3v) is 4.47. The normalized spacial score (nSPS) is 18.1. The van der Waals surface area contributed by atoms with Crippen molar-refractivity contribution in [3.63, 3.8) is 0 Å². The molecule has 3 heterocycles. The van der Waals surface area contributed by atoms with E-state index in [1.807, 2.05) is 24.4 Å². The van der Waals surface area contributed by atoms with Crippen LogP contribution < -0.4 is 10.2 Å². The Morgan fingerprint density at radius 3 is 2.68 bits per heavy atom. The molecular formula is C17H21N5. The van der Waals surface area contributed by atoms with E-state index < -0.39 is 0 Å². The Morgan fingerprint density at radius 2 is 1.86 bits per heavy atom. The van der Waals surface area contributed by atoms with Crippen LogP contribution in [0.4, 0.5) is 5.82 Å². The van der Waals surface area contributed by atoms with Gasteiger partial charge in [0, 0.05) is 43.6 Å². The molecule has 0 atom stereocenters. The summed E-state index contributed by atoms with van der Waals surface area (Å²) >= 11 is 0. The molecule has 0 radical (unpaired) electrons. The van der Waals surface area contributed by atoms with Gasteiger partial charge in [-0.15, -0.1) is 0 Å². The topological polar surface area (TPSA) is 53.9 Å². The maximum absolute atomic E-state index is 4.90. The number of aromatic nitrogens is 3. The molecule has 22 heavy (non-hydrogen) atoms. The Bertz CT molecular complexity index is 650. The Morgan fingerprint density at radius 1 is 1.00 bits per heavy atom. The quantitative estimate of drug-likeness (QED) is 0.916. The molecular weight excluding hydrogens is 274 g/mol. The molecule has 0 unspecified atom stereocenters. The zero-order valence-corrected chi connectivity index (χ0v) is 12.8. The summed E-state index contributed by atoms with van der Waals surface area (Å²) in [5, 5.41) is 3.41. The lowest BCUT2D eigenvalue weighted by atomic mass is 9.95. The number of piperazine rings is 1. The van der Waals surface area contributed by atoms with Crippen LogP contribution in [0.1, 0.15) is 24.1 Å². The molecule has 5 heteroatoms. The second kappa shape index (κ2) is 6.01. The standard InChI is InChI=1S/C17H21N5/c1-2-6-14-13(5-1)17(22-11-9-18-10-12-22)21-16(20-14)15-7-3-4-8-19-15/h3-4,7-8,18H,1-2,5-6,9-12H2. The van der Waals surface area contributed by atoms with Crippen LogP contribution in [0.15, 0.2) is 24.4 Å². The first-order valence-electron chi connectivity index (χ1n) is 8.19. The fraction of sp³-hybridized carbons (Fsp3) is 0.471. The van der Waals surface area contributed by atoms with E-state index in [9.17, 15) is 0 Å².